The Morgan fingerprint density at radius 2 is 2.00 bits per heavy atom. The zero-order valence-corrected chi connectivity index (χ0v) is 13.9. The molecule has 7 heteroatoms. The van der Waals surface area contributed by atoms with Crippen molar-refractivity contribution in [2.24, 2.45) is 0 Å². The van der Waals surface area contributed by atoms with E-state index in [0.29, 0.717) is 18.1 Å². The van der Waals surface area contributed by atoms with Crippen molar-refractivity contribution in [3.63, 3.8) is 0 Å². The molecular formula is C16H23N3O4. The number of aryl methyl sites for hydroxylation is 1. The lowest BCUT2D eigenvalue weighted by molar-refractivity contribution is -0.136. The fourth-order valence-electron chi connectivity index (χ4n) is 2.35. The fraction of sp³-hybridized carbons (Fsp3) is 0.562. The summed E-state index contributed by atoms with van der Waals surface area (Å²) in [6.07, 6.45) is 9.37. The normalized spacial score (nSPS) is 16.1. The van der Waals surface area contributed by atoms with E-state index in [9.17, 15) is 4.79 Å². The molecule has 23 heavy (non-hydrogen) atoms. The minimum absolute atomic E-state index is 0.0777. The van der Waals surface area contributed by atoms with Crippen molar-refractivity contribution in [2.75, 3.05) is 14.2 Å². The molecule has 0 N–H and O–H groups in total. The van der Waals surface area contributed by atoms with Crippen LogP contribution in [0.5, 0.6) is 0 Å². The molecule has 0 radical (unpaired) electrons. The monoisotopic (exact) mass is 321 g/mol. The molecule has 0 aromatic carbocycles. The van der Waals surface area contributed by atoms with Crippen LogP contribution in [0, 0.1) is 0 Å². The Morgan fingerprint density at radius 1 is 1.22 bits per heavy atom. The number of esters is 1. The lowest BCUT2D eigenvalue weighted by Gasteiger charge is -2.02. The van der Waals surface area contributed by atoms with Gasteiger partial charge in [-0.25, -0.2) is 9.48 Å². The Labute approximate surface area is 135 Å². The molecular weight excluding hydrogens is 298 g/mol. The van der Waals surface area contributed by atoms with Crippen molar-refractivity contribution in [1.82, 2.24) is 15.0 Å². The third-order valence-corrected chi connectivity index (χ3v) is 3.56. The molecule has 0 bridgehead atoms. The Balaban J connectivity index is 1.94. The third-order valence-electron chi connectivity index (χ3n) is 3.56. The molecule has 0 aliphatic carbocycles. The van der Waals surface area contributed by atoms with Crippen LogP contribution in [0.1, 0.15) is 38.3 Å². The number of cyclic esters (lactones) is 1. The molecule has 1 aromatic rings. The summed E-state index contributed by atoms with van der Waals surface area (Å²) in [5, 5.41) is 8.23. The van der Waals surface area contributed by atoms with Crippen LogP contribution in [0.25, 0.3) is 0 Å². The standard InChI is InChI=1S/C16H23N3O4/c1-4-5-6-7-8-12-11-19(18-17-12)10-9-13-14(21-2)15(22-3)16(20)23-13/h9,11H,4-8,10H2,1-3H3/b13-9-. The first-order chi connectivity index (χ1) is 11.2. The maximum atomic E-state index is 11.6. The maximum absolute atomic E-state index is 11.6. The van der Waals surface area contributed by atoms with Gasteiger partial charge in [-0.3, -0.25) is 0 Å². The van der Waals surface area contributed by atoms with Crippen LogP contribution < -0.4 is 0 Å². The van der Waals surface area contributed by atoms with Crippen LogP contribution in [0.15, 0.2) is 29.6 Å². The highest BCUT2D eigenvalue weighted by Gasteiger charge is 2.32. The molecule has 0 amide bonds. The summed E-state index contributed by atoms with van der Waals surface area (Å²) in [7, 11) is 2.87. The molecule has 0 saturated heterocycles. The average molecular weight is 321 g/mol. The van der Waals surface area contributed by atoms with E-state index in [4.69, 9.17) is 14.2 Å². The first-order valence-corrected chi connectivity index (χ1v) is 7.83. The molecule has 0 saturated carbocycles. The van der Waals surface area contributed by atoms with E-state index in [1.54, 1.807) is 10.8 Å². The summed E-state index contributed by atoms with van der Waals surface area (Å²) in [4.78, 5) is 11.6. The molecule has 1 aliphatic rings. The maximum Gasteiger partial charge on any atom is 0.383 e. The SMILES string of the molecule is CCCCCCc1cn(C/C=C2\OC(=O)C(OC)=C2OC)nn1. The number of ether oxygens (including phenoxy) is 3. The molecule has 1 aromatic heterocycles. The van der Waals surface area contributed by atoms with Crippen LogP contribution in [0.2, 0.25) is 0 Å². The summed E-state index contributed by atoms with van der Waals surface area (Å²) in [6.45, 7) is 2.63. The van der Waals surface area contributed by atoms with Crippen molar-refractivity contribution in [2.45, 2.75) is 45.6 Å². The predicted octanol–water partition coefficient (Wildman–Crippen LogP) is 2.35. The minimum Gasteiger partial charge on any atom is -0.490 e. The van der Waals surface area contributed by atoms with Crippen molar-refractivity contribution in [3.8, 4) is 0 Å². The Bertz CT molecular complexity index is 604. The molecule has 0 fully saturated rings. The van der Waals surface area contributed by atoms with Gasteiger partial charge in [0.05, 0.1) is 26.5 Å². The van der Waals surface area contributed by atoms with E-state index >= 15 is 0 Å². The molecule has 0 unspecified atom stereocenters. The van der Waals surface area contributed by atoms with Crippen LogP contribution in [0.3, 0.4) is 0 Å². The van der Waals surface area contributed by atoms with Gasteiger partial charge in [0.2, 0.25) is 5.76 Å². The number of carbonyl (C=O) groups is 1. The molecule has 2 rings (SSSR count). The number of nitrogens with zero attached hydrogens (tertiary/aromatic N) is 3. The zero-order chi connectivity index (χ0) is 16.7. The first kappa shape index (κ1) is 17.1. The Hall–Kier alpha value is -2.31. The van der Waals surface area contributed by atoms with E-state index in [2.05, 4.69) is 17.2 Å². The lowest BCUT2D eigenvalue weighted by Crippen LogP contribution is -2.01. The summed E-state index contributed by atoms with van der Waals surface area (Å²) >= 11 is 0. The second-order valence-corrected chi connectivity index (χ2v) is 5.27. The van der Waals surface area contributed by atoms with Gasteiger partial charge in [0.1, 0.15) is 0 Å². The van der Waals surface area contributed by atoms with Crippen molar-refractivity contribution < 1.29 is 19.0 Å². The van der Waals surface area contributed by atoms with Gasteiger partial charge in [-0.15, -0.1) is 5.10 Å². The minimum atomic E-state index is -0.550. The first-order valence-electron chi connectivity index (χ1n) is 7.83. The van der Waals surface area contributed by atoms with E-state index in [-0.39, 0.29) is 5.76 Å². The molecule has 7 nitrogen and oxygen atoms in total. The van der Waals surface area contributed by atoms with Crippen LogP contribution in [0.4, 0.5) is 0 Å². The fourth-order valence-corrected chi connectivity index (χ4v) is 2.35. The average Bonchev–Trinajstić information content (AvgIpc) is 3.12. The number of hydrogen-bond donors (Lipinski definition) is 0. The van der Waals surface area contributed by atoms with E-state index in [1.165, 1.54) is 33.5 Å². The quantitative estimate of drug-likeness (QED) is 0.513. The van der Waals surface area contributed by atoms with Crippen LogP contribution >= 0.6 is 0 Å². The second kappa shape index (κ2) is 8.36. The third kappa shape index (κ3) is 4.34. The molecule has 2 heterocycles. The molecule has 0 atom stereocenters. The van der Waals surface area contributed by atoms with Gasteiger partial charge in [-0.2, -0.15) is 0 Å². The van der Waals surface area contributed by atoms with E-state index < -0.39 is 5.97 Å². The summed E-state index contributed by atoms with van der Waals surface area (Å²) < 4.78 is 17.0. The highest BCUT2D eigenvalue weighted by molar-refractivity contribution is 5.91. The van der Waals surface area contributed by atoms with Gasteiger partial charge in [-0.05, 0) is 18.9 Å². The van der Waals surface area contributed by atoms with E-state index in [1.807, 2.05) is 6.20 Å². The highest BCUT2D eigenvalue weighted by Crippen LogP contribution is 2.26. The van der Waals surface area contributed by atoms with Gasteiger partial charge in [0.15, 0.2) is 5.76 Å². The van der Waals surface area contributed by atoms with Crippen molar-refractivity contribution in [1.29, 1.82) is 0 Å². The van der Waals surface area contributed by atoms with Crippen molar-refractivity contribution in [3.05, 3.63) is 35.2 Å². The topological polar surface area (TPSA) is 75.5 Å². The van der Waals surface area contributed by atoms with Crippen LogP contribution in [-0.4, -0.2) is 35.2 Å². The number of aromatic nitrogens is 3. The number of rotatable bonds is 9. The van der Waals surface area contributed by atoms with Crippen molar-refractivity contribution >= 4 is 5.97 Å². The number of hydrogen-bond acceptors (Lipinski definition) is 6. The highest BCUT2D eigenvalue weighted by atomic mass is 16.6. The van der Waals surface area contributed by atoms with E-state index in [0.717, 1.165) is 18.5 Å². The smallest absolute Gasteiger partial charge is 0.383 e. The lowest BCUT2D eigenvalue weighted by atomic mass is 10.1. The predicted molar refractivity (Wildman–Crippen MR) is 83.1 cm³/mol. The van der Waals surface area contributed by atoms with Gasteiger partial charge in [0, 0.05) is 6.20 Å². The van der Waals surface area contributed by atoms with Crippen LogP contribution in [-0.2, 0) is 32.0 Å². The number of allylic oxidation sites excluding steroid dienone is 1. The largest absolute Gasteiger partial charge is 0.490 e. The zero-order valence-electron chi connectivity index (χ0n) is 13.9. The number of unbranched alkanes of at least 4 members (excludes halogenated alkanes) is 3. The van der Waals surface area contributed by atoms with Gasteiger partial charge in [0.25, 0.3) is 5.76 Å². The van der Waals surface area contributed by atoms with Gasteiger partial charge >= 0.3 is 5.97 Å². The number of carbonyl (C=O) groups excluding carboxylic acids is 1. The summed E-state index contributed by atoms with van der Waals surface area (Å²) in [5.74, 6) is 0.173. The Kier molecular flexibility index (Phi) is 6.19. The summed E-state index contributed by atoms with van der Waals surface area (Å²) in [6, 6.07) is 0. The number of methoxy groups -OCH3 is 2. The summed E-state index contributed by atoms with van der Waals surface area (Å²) in [5.41, 5.74) is 0.975. The van der Waals surface area contributed by atoms with Gasteiger partial charge < -0.3 is 14.2 Å². The Morgan fingerprint density at radius 3 is 2.70 bits per heavy atom. The molecule has 126 valence electrons. The molecule has 1 aliphatic heterocycles. The molecule has 0 spiro atoms. The second-order valence-electron chi connectivity index (χ2n) is 5.27. The van der Waals surface area contributed by atoms with Gasteiger partial charge in [-0.1, -0.05) is 31.4 Å².